The van der Waals surface area contributed by atoms with Crippen molar-refractivity contribution >= 4 is 22.3 Å². The zero-order chi connectivity index (χ0) is 21.1. The monoisotopic (exact) mass is 396 g/mol. The molecule has 0 aliphatic carbocycles. The minimum absolute atomic E-state index is 0.0401. The molecule has 4 rings (SSSR count). The maximum atomic E-state index is 12.5. The van der Waals surface area contributed by atoms with E-state index in [9.17, 15) is 14.7 Å². The van der Waals surface area contributed by atoms with Gasteiger partial charge in [0.2, 0.25) is 0 Å². The van der Waals surface area contributed by atoms with Crippen molar-refractivity contribution in [3.05, 3.63) is 107 Å². The number of ketones is 2. The molecule has 0 aliphatic rings. The molecule has 30 heavy (non-hydrogen) atoms. The van der Waals surface area contributed by atoms with Gasteiger partial charge in [0, 0.05) is 17.2 Å². The molecule has 4 aromatic carbocycles. The third kappa shape index (κ3) is 4.08. The van der Waals surface area contributed by atoms with Crippen molar-refractivity contribution in [2.24, 2.45) is 0 Å². The second-order valence-corrected chi connectivity index (χ2v) is 7.12. The number of fused-ring (bicyclic) bond motifs is 1. The Morgan fingerprint density at radius 2 is 1.53 bits per heavy atom. The van der Waals surface area contributed by atoms with E-state index in [-0.39, 0.29) is 22.9 Å². The molecule has 1 N–H and O–H groups in total. The van der Waals surface area contributed by atoms with Gasteiger partial charge in [-0.05, 0) is 47.5 Å². The van der Waals surface area contributed by atoms with Gasteiger partial charge >= 0.3 is 0 Å². The molecule has 0 aliphatic heterocycles. The largest absolute Gasteiger partial charge is 0.507 e. The van der Waals surface area contributed by atoms with E-state index in [1.807, 2.05) is 42.5 Å². The van der Waals surface area contributed by atoms with Gasteiger partial charge in [0.15, 0.2) is 11.6 Å². The summed E-state index contributed by atoms with van der Waals surface area (Å²) in [5, 5.41) is 12.3. The number of carbonyl (C=O) groups is 2. The minimum atomic E-state index is -0.237. The molecule has 0 spiro atoms. The fourth-order valence-corrected chi connectivity index (χ4v) is 3.31. The van der Waals surface area contributed by atoms with Crippen LogP contribution in [0.5, 0.6) is 11.5 Å². The summed E-state index contributed by atoms with van der Waals surface area (Å²) in [4.78, 5) is 24.1. The molecule has 148 valence electrons. The van der Waals surface area contributed by atoms with E-state index in [0.717, 1.165) is 16.3 Å². The van der Waals surface area contributed by atoms with E-state index in [4.69, 9.17) is 4.74 Å². The number of carbonyl (C=O) groups excluding carboxylic acids is 2. The lowest BCUT2D eigenvalue weighted by molar-refractivity contribution is 0.101. The van der Waals surface area contributed by atoms with Gasteiger partial charge in [-0.2, -0.15) is 0 Å². The minimum Gasteiger partial charge on any atom is -0.507 e. The van der Waals surface area contributed by atoms with Crippen LogP contribution >= 0.6 is 0 Å². The highest BCUT2D eigenvalue weighted by Crippen LogP contribution is 2.27. The van der Waals surface area contributed by atoms with E-state index in [1.165, 1.54) is 6.07 Å². The Hall–Kier alpha value is -3.92. The third-order valence-corrected chi connectivity index (χ3v) is 4.97. The Balaban J connectivity index is 1.48. The molecule has 0 radical (unpaired) electrons. The molecule has 0 fully saturated rings. The fourth-order valence-electron chi connectivity index (χ4n) is 3.31. The molecule has 4 aromatic rings. The molecular formula is C26H20O4. The van der Waals surface area contributed by atoms with Gasteiger partial charge in [-0.25, -0.2) is 0 Å². The Morgan fingerprint density at radius 1 is 0.800 bits per heavy atom. The van der Waals surface area contributed by atoms with E-state index >= 15 is 0 Å². The summed E-state index contributed by atoms with van der Waals surface area (Å²) in [6.45, 7) is 1.87. The lowest BCUT2D eigenvalue weighted by Gasteiger charge is -2.10. The highest BCUT2D eigenvalue weighted by molar-refractivity contribution is 6.10. The standard InChI is InChI=1S/C26H20O4/c1-17(27)20-9-10-21-13-18(7-8-22(21)14-20)16-30-23-11-12-24(25(28)15-23)26(29)19-5-3-2-4-6-19/h2-15,28H,16H2,1H3. The molecule has 0 aromatic heterocycles. The lowest BCUT2D eigenvalue weighted by Crippen LogP contribution is -2.02. The van der Waals surface area contributed by atoms with Crippen LogP contribution in [0.2, 0.25) is 0 Å². The maximum Gasteiger partial charge on any atom is 0.196 e. The second-order valence-electron chi connectivity index (χ2n) is 7.12. The first-order chi connectivity index (χ1) is 14.5. The number of rotatable bonds is 6. The van der Waals surface area contributed by atoms with Crippen molar-refractivity contribution in [1.82, 2.24) is 0 Å². The topological polar surface area (TPSA) is 63.6 Å². The number of phenolic OH excluding ortho intramolecular Hbond substituents is 1. The molecule has 0 bridgehead atoms. The third-order valence-electron chi connectivity index (χ3n) is 4.97. The van der Waals surface area contributed by atoms with E-state index in [2.05, 4.69) is 0 Å². The zero-order valence-corrected chi connectivity index (χ0v) is 16.5. The Labute approximate surface area is 174 Å². The van der Waals surface area contributed by atoms with Crippen LogP contribution in [-0.4, -0.2) is 16.7 Å². The average Bonchev–Trinajstić information content (AvgIpc) is 2.77. The van der Waals surface area contributed by atoms with Gasteiger partial charge in [0.05, 0.1) is 5.56 Å². The van der Waals surface area contributed by atoms with Crippen molar-refractivity contribution in [2.75, 3.05) is 0 Å². The number of ether oxygens (including phenoxy) is 1. The Kier molecular flexibility index (Phi) is 5.31. The molecule has 0 heterocycles. The summed E-state index contributed by atoms with van der Waals surface area (Å²) in [6, 6.07) is 25.1. The SMILES string of the molecule is CC(=O)c1ccc2cc(COc3ccc(C(=O)c4ccccc4)c(O)c3)ccc2c1. The fraction of sp³-hybridized carbons (Fsp3) is 0.0769. The molecule has 0 unspecified atom stereocenters. The molecule has 0 amide bonds. The van der Waals surface area contributed by atoms with Gasteiger partial charge in [-0.3, -0.25) is 9.59 Å². The number of hydrogen-bond donors (Lipinski definition) is 1. The van der Waals surface area contributed by atoms with Crippen molar-refractivity contribution in [1.29, 1.82) is 0 Å². The summed E-state index contributed by atoms with van der Waals surface area (Å²) in [5.41, 5.74) is 2.40. The first-order valence-corrected chi connectivity index (χ1v) is 9.60. The van der Waals surface area contributed by atoms with E-state index in [1.54, 1.807) is 43.3 Å². The molecule has 0 saturated heterocycles. The summed E-state index contributed by atoms with van der Waals surface area (Å²) in [6.07, 6.45) is 0. The summed E-state index contributed by atoms with van der Waals surface area (Å²) < 4.78 is 5.80. The van der Waals surface area contributed by atoms with Gasteiger partial charge in [0.1, 0.15) is 18.1 Å². The maximum absolute atomic E-state index is 12.5. The molecule has 0 atom stereocenters. The van der Waals surface area contributed by atoms with Gasteiger partial charge in [0.25, 0.3) is 0 Å². The highest BCUT2D eigenvalue weighted by atomic mass is 16.5. The van der Waals surface area contributed by atoms with Crippen molar-refractivity contribution in [2.45, 2.75) is 13.5 Å². The van der Waals surface area contributed by atoms with Crippen molar-refractivity contribution < 1.29 is 19.4 Å². The Morgan fingerprint density at radius 3 is 2.27 bits per heavy atom. The zero-order valence-electron chi connectivity index (χ0n) is 16.5. The quantitative estimate of drug-likeness (QED) is 0.434. The smallest absolute Gasteiger partial charge is 0.196 e. The second kappa shape index (κ2) is 8.21. The van der Waals surface area contributed by atoms with Gasteiger partial charge < -0.3 is 9.84 Å². The molecule has 4 nitrogen and oxygen atoms in total. The predicted octanol–water partition coefficient (Wildman–Crippen LogP) is 5.56. The normalized spacial score (nSPS) is 10.7. The average molecular weight is 396 g/mol. The molecule has 0 saturated carbocycles. The molecule has 4 heteroatoms. The Bertz CT molecular complexity index is 1240. The van der Waals surface area contributed by atoms with Crippen LogP contribution in [0.1, 0.15) is 38.8 Å². The van der Waals surface area contributed by atoms with E-state index in [0.29, 0.717) is 23.5 Å². The molecular weight excluding hydrogens is 376 g/mol. The number of phenols is 1. The van der Waals surface area contributed by atoms with Crippen LogP contribution in [0.15, 0.2) is 84.9 Å². The predicted molar refractivity (Wildman–Crippen MR) is 116 cm³/mol. The van der Waals surface area contributed by atoms with Crippen molar-refractivity contribution in [3.63, 3.8) is 0 Å². The van der Waals surface area contributed by atoms with Crippen LogP contribution < -0.4 is 4.74 Å². The lowest BCUT2D eigenvalue weighted by atomic mass is 10.0. The number of hydrogen-bond acceptors (Lipinski definition) is 4. The first kappa shape index (κ1) is 19.4. The number of benzene rings is 4. The van der Waals surface area contributed by atoms with Gasteiger partial charge in [-0.15, -0.1) is 0 Å². The summed E-state index contributed by atoms with van der Waals surface area (Å²) >= 11 is 0. The first-order valence-electron chi connectivity index (χ1n) is 9.60. The number of Topliss-reactive ketones (excluding diaryl/α,β-unsaturated/α-hetero) is 1. The van der Waals surface area contributed by atoms with E-state index < -0.39 is 0 Å². The van der Waals surface area contributed by atoms with Crippen LogP contribution in [0.4, 0.5) is 0 Å². The summed E-state index contributed by atoms with van der Waals surface area (Å²) in [5.74, 6) is 0.165. The van der Waals surface area contributed by atoms with Crippen LogP contribution in [0.3, 0.4) is 0 Å². The van der Waals surface area contributed by atoms with Crippen LogP contribution in [-0.2, 0) is 6.61 Å². The summed E-state index contributed by atoms with van der Waals surface area (Å²) in [7, 11) is 0. The number of aromatic hydroxyl groups is 1. The highest BCUT2D eigenvalue weighted by Gasteiger charge is 2.14. The van der Waals surface area contributed by atoms with Crippen LogP contribution in [0, 0.1) is 0 Å². The van der Waals surface area contributed by atoms with Crippen molar-refractivity contribution in [3.8, 4) is 11.5 Å². The van der Waals surface area contributed by atoms with Gasteiger partial charge in [-0.1, -0.05) is 54.6 Å². The van der Waals surface area contributed by atoms with Crippen LogP contribution in [0.25, 0.3) is 10.8 Å².